The van der Waals surface area contributed by atoms with E-state index in [4.69, 9.17) is 9.72 Å². The SMILES string of the molecule is CNC(=O)c1cc(Oc2ccc3c(c2)nc(Nc2cc(C(C)C)ccc2C)n3C)ccn1. The Morgan fingerprint density at radius 1 is 1.06 bits per heavy atom. The molecular formula is C25H27N5O2. The van der Waals surface area contributed by atoms with Crippen molar-refractivity contribution in [3.05, 3.63) is 71.5 Å². The Kier molecular flexibility index (Phi) is 5.81. The number of benzene rings is 2. The first kappa shape index (κ1) is 21.4. The Balaban J connectivity index is 1.62. The van der Waals surface area contributed by atoms with E-state index in [1.165, 1.54) is 5.56 Å². The molecule has 0 aliphatic rings. The van der Waals surface area contributed by atoms with Gasteiger partial charge in [0.15, 0.2) is 0 Å². The van der Waals surface area contributed by atoms with Gasteiger partial charge in [0, 0.05) is 38.1 Å². The molecule has 164 valence electrons. The number of carbonyl (C=O) groups excluding carboxylic acids is 1. The van der Waals surface area contributed by atoms with Crippen LogP contribution in [-0.4, -0.2) is 27.5 Å². The van der Waals surface area contributed by atoms with Crippen LogP contribution in [0.2, 0.25) is 0 Å². The summed E-state index contributed by atoms with van der Waals surface area (Å²) in [7, 11) is 3.55. The van der Waals surface area contributed by atoms with Crippen molar-refractivity contribution in [3.8, 4) is 11.5 Å². The number of nitrogens with zero attached hydrogens (tertiary/aromatic N) is 3. The Hall–Kier alpha value is -3.87. The molecule has 0 aliphatic carbocycles. The number of nitrogens with one attached hydrogen (secondary N) is 2. The van der Waals surface area contributed by atoms with Gasteiger partial charge in [-0.25, -0.2) is 4.98 Å². The van der Waals surface area contributed by atoms with Gasteiger partial charge in [0.25, 0.3) is 5.91 Å². The number of rotatable bonds is 6. The van der Waals surface area contributed by atoms with Crippen molar-refractivity contribution in [2.24, 2.45) is 7.05 Å². The largest absolute Gasteiger partial charge is 0.457 e. The Bertz CT molecular complexity index is 1290. The van der Waals surface area contributed by atoms with Gasteiger partial charge in [0.2, 0.25) is 5.95 Å². The highest BCUT2D eigenvalue weighted by Gasteiger charge is 2.12. The minimum Gasteiger partial charge on any atom is -0.457 e. The predicted molar refractivity (Wildman–Crippen MR) is 127 cm³/mol. The van der Waals surface area contributed by atoms with E-state index >= 15 is 0 Å². The molecule has 0 fully saturated rings. The molecule has 1 amide bonds. The molecular weight excluding hydrogens is 402 g/mol. The minimum atomic E-state index is -0.261. The van der Waals surface area contributed by atoms with Crippen LogP contribution in [0.25, 0.3) is 11.0 Å². The van der Waals surface area contributed by atoms with Crippen molar-refractivity contribution in [1.82, 2.24) is 19.9 Å². The lowest BCUT2D eigenvalue weighted by molar-refractivity contribution is 0.0958. The van der Waals surface area contributed by atoms with E-state index < -0.39 is 0 Å². The van der Waals surface area contributed by atoms with Crippen LogP contribution in [0.1, 0.15) is 41.4 Å². The molecule has 0 radical (unpaired) electrons. The maximum Gasteiger partial charge on any atom is 0.269 e. The maximum atomic E-state index is 11.8. The van der Waals surface area contributed by atoms with Crippen LogP contribution in [-0.2, 0) is 7.05 Å². The Morgan fingerprint density at radius 3 is 2.59 bits per heavy atom. The van der Waals surface area contributed by atoms with Gasteiger partial charge in [-0.3, -0.25) is 9.78 Å². The number of anilines is 2. The fraction of sp³-hybridized carbons (Fsp3) is 0.240. The molecule has 4 rings (SSSR count). The molecule has 0 saturated heterocycles. The molecule has 2 aromatic heterocycles. The van der Waals surface area contributed by atoms with E-state index in [2.05, 4.69) is 54.6 Å². The van der Waals surface area contributed by atoms with Gasteiger partial charge in [0.1, 0.15) is 17.2 Å². The highest BCUT2D eigenvalue weighted by Crippen LogP contribution is 2.30. The van der Waals surface area contributed by atoms with Gasteiger partial charge in [-0.2, -0.15) is 0 Å². The van der Waals surface area contributed by atoms with Gasteiger partial charge < -0.3 is 19.9 Å². The maximum absolute atomic E-state index is 11.8. The lowest BCUT2D eigenvalue weighted by atomic mass is 10.0. The molecule has 0 saturated carbocycles. The first-order valence-electron chi connectivity index (χ1n) is 10.6. The standard InChI is InChI=1S/C25H27N5O2/c1-15(2)17-7-6-16(3)20(12-17)28-25-29-21-13-18(8-9-23(21)30(25)5)32-19-10-11-27-22(14-19)24(31)26-4/h6-15H,1-5H3,(H,26,31)(H,28,29). The van der Waals surface area contributed by atoms with Gasteiger partial charge in [-0.05, 0) is 48.2 Å². The van der Waals surface area contributed by atoms with Gasteiger partial charge in [-0.15, -0.1) is 0 Å². The Labute approximate surface area is 187 Å². The molecule has 0 atom stereocenters. The minimum absolute atomic E-state index is 0.261. The molecule has 32 heavy (non-hydrogen) atoms. The third-order valence-electron chi connectivity index (χ3n) is 5.45. The number of hydrogen-bond donors (Lipinski definition) is 2. The number of fused-ring (bicyclic) bond motifs is 1. The normalized spacial score (nSPS) is 11.1. The summed E-state index contributed by atoms with van der Waals surface area (Å²) in [5.41, 5.74) is 5.58. The van der Waals surface area contributed by atoms with E-state index in [1.807, 2.05) is 29.8 Å². The highest BCUT2D eigenvalue weighted by molar-refractivity contribution is 5.92. The first-order valence-corrected chi connectivity index (χ1v) is 10.6. The third kappa shape index (κ3) is 4.27. The van der Waals surface area contributed by atoms with Crippen LogP contribution in [0.5, 0.6) is 11.5 Å². The zero-order valence-electron chi connectivity index (χ0n) is 18.9. The second kappa shape index (κ2) is 8.70. The molecule has 0 aliphatic heterocycles. The van der Waals surface area contributed by atoms with Crippen molar-refractivity contribution < 1.29 is 9.53 Å². The number of pyridine rings is 1. The zero-order valence-corrected chi connectivity index (χ0v) is 18.9. The van der Waals surface area contributed by atoms with Crippen LogP contribution in [0.15, 0.2) is 54.7 Å². The van der Waals surface area contributed by atoms with E-state index in [1.54, 1.807) is 25.4 Å². The van der Waals surface area contributed by atoms with Gasteiger partial charge in [-0.1, -0.05) is 26.0 Å². The lowest BCUT2D eigenvalue weighted by Gasteiger charge is -2.13. The summed E-state index contributed by atoms with van der Waals surface area (Å²) in [6, 6.07) is 15.6. The van der Waals surface area contributed by atoms with Gasteiger partial charge >= 0.3 is 0 Å². The summed E-state index contributed by atoms with van der Waals surface area (Å²) in [4.78, 5) is 20.7. The number of amides is 1. The molecule has 2 N–H and O–H groups in total. The summed E-state index contributed by atoms with van der Waals surface area (Å²) in [5.74, 6) is 2.12. The average molecular weight is 430 g/mol. The highest BCUT2D eigenvalue weighted by atomic mass is 16.5. The summed E-state index contributed by atoms with van der Waals surface area (Å²) >= 11 is 0. The monoisotopic (exact) mass is 429 g/mol. The zero-order chi connectivity index (χ0) is 22.8. The molecule has 2 aromatic carbocycles. The summed E-state index contributed by atoms with van der Waals surface area (Å²) < 4.78 is 7.99. The van der Waals surface area contributed by atoms with Crippen molar-refractivity contribution in [1.29, 1.82) is 0 Å². The van der Waals surface area contributed by atoms with E-state index in [0.29, 0.717) is 23.1 Å². The number of hydrogen-bond acceptors (Lipinski definition) is 5. The fourth-order valence-corrected chi connectivity index (χ4v) is 3.47. The quantitative estimate of drug-likeness (QED) is 0.435. The smallest absolute Gasteiger partial charge is 0.269 e. The second-order valence-electron chi connectivity index (χ2n) is 8.06. The molecule has 4 aromatic rings. The predicted octanol–water partition coefficient (Wildman–Crippen LogP) is 5.30. The summed E-state index contributed by atoms with van der Waals surface area (Å²) in [6.07, 6.45) is 1.55. The summed E-state index contributed by atoms with van der Waals surface area (Å²) in [6.45, 7) is 6.46. The average Bonchev–Trinajstić information content (AvgIpc) is 3.09. The van der Waals surface area contributed by atoms with Crippen LogP contribution in [0.4, 0.5) is 11.6 Å². The molecule has 0 unspecified atom stereocenters. The third-order valence-corrected chi connectivity index (χ3v) is 5.45. The first-order chi connectivity index (χ1) is 15.4. The number of imidazole rings is 1. The number of carbonyl (C=O) groups is 1. The van der Waals surface area contributed by atoms with E-state index in [9.17, 15) is 4.79 Å². The molecule has 0 bridgehead atoms. The van der Waals surface area contributed by atoms with Gasteiger partial charge in [0.05, 0.1) is 11.0 Å². The van der Waals surface area contributed by atoms with Crippen molar-refractivity contribution >= 4 is 28.6 Å². The van der Waals surface area contributed by atoms with Crippen molar-refractivity contribution in [2.75, 3.05) is 12.4 Å². The molecule has 2 heterocycles. The fourth-order valence-electron chi connectivity index (χ4n) is 3.47. The lowest BCUT2D eigenvalue weighted by Crippen LogP contribution is -2.18. The van der Waals surface area contributed by atoms with Crippen LogP contribution >= 0.6 is 0 Å². The second-order valence-corrected chi connectivity index (χ2v) is 8.06. The van der Waals surface area contributed by atoms with Crippen molar-refractivity contribution in [3.63, 3.8) is 0 Å². The number of aryl methyl sites for hydroxylation is 2. The van der Waals surface area contributed by atoms with Crippen LogP contribution < -0.4 is 15.4 Å². The number of aromatic nitrogens is 3. The van der Waals surface area contributed by atoms with Crippen LogP contribution in [0.3, 0.4) is 0 Å². The van der Waals surface area contributed by atoms with E-state index in [0.717, 1.165) is 28.2 Å². The van der Waals surface area contributed by atoms with Crippen LogP contribution in [0, 0.1) is 6.92 Å². The number of ether oxygens (including phenoxy) is 1. The van der Waals surface area contributed by atoms with Crippen molar-refractivity contribution in [2.45, 2.75) is 26.7 Å². The summed E-state index contributed by atoms with van der Waals surface area (Å²) in [5, 5.41) is 6.04. The van der Waals surface area contributed by atoms with E-state index in [-0.39, 0.29) is 5.91 Å². The molecule has 7 heteroatoms. The Morgan fingerprint density at radius 2 is 1.84 bits per heavy atom. The molecule has 7 nitrogen and oxygen atoms in total. The molecule has 0 spiro atoms. The topological polar surface area (TPSA) is 81.1 Å².